The minimum absolute atomic E-state index is 0.669. The molecule has 0 amide bonds. The highest BCUT2D eigenvalue weighted by Crippen LogP contribution is 2.48. The Balaban J connectivity index is 1.45. The summed E-state index contributed by atoms with van der Waals surface area (Å²) in [6.45, 7) is 4.55. The zero-order valence-electron chi connectivity index (χ0n) is 11.5. The maximum Gasteiger partial charge on any atom is 0.0205 e. The van der Waals surface area contributed by atoms with E-state index in [2.05, 4.69) is 36.5 Å². The molecule has 0 radical (unpaired) electrons. The number of benzene rings is 1. The lowest BCUT2D eigenvalue weighted by molar-refractivity contribution is 0.421. The molecule has 2 saturated carbocycles. The first-order chi connectivity index (χ1) is 8.81. The molecule has 18 heavy (non-hydrogen) atoms. The average molecular weight is 243 g/mol. The van der Waals surface area contributed by atoms with E-state index in [9.17, 15) is 0 Å². The van der Waals surface area contributed by atoms with Crippen LogP contribution >= 0.6 is 0 Å². The van der Waals surface area contributed by atoms with Crippen molar-refractivity contribution in [1.82, 2.24) is 5.32 Å². The lowest BCUT2D eigenvalue weighted by atomic mass is 10.0. The summed E-state index contributed by atoms with van der Waals surface area (Å²) in [6, 6.07) is 9.27. The quantitative estimate of drug-likeness (QED) is 0.755. The Labute approximate surface area is 111 Å². The molecule has 0 bridgehead atoms. The fourth-order valence-corrected chi connectivity index (χ4v) is 3.02. The predicted octanol–water partition coefficient (Wildman–Crippen LogP) is 4.23. The highest BCUT2D eigenvalue weighted by atomic mass is 14.9. The van der Waals surface area contributed by atoms with Gasteiger partial charge in [-0.3, -0.25) is 0 Å². The summed E-state index contributed by atoms with van der Waals surface area (Å²) in [5.41, 5.74) is 3.65. The Kier molecular flexibility index (Phi) is 3.43. The standard InChI is InChI=1S/C17H25N/c1-2-9-17(10-11-17)13-18-12-14-3-5-15(6-4-14)16-7-8-16/h3-6,16,18H,2,7-13H2,1H3. The second-order valence-electron chi connectivity index (χ2n) is 6.37. The summed E-state index contributed by atoms with van der Waals surface area (Å²) in [4.78, 5) is 0. The van der Waals surface area contributed by atoms with Crippen molar-refractivity contribution >= 4 is 0 Å². The van der Waals surface area contributed by atoms with Crippen LogP contribution in [0.25, 0.3) is 0 Å². The fourth-order valence-electron chi connectivity index (χ4n) is 3.02. The molecule has 0 aromatic heterocycles. The summed E-state index contributed by atoms with van der Waals surface area (Å²) in [7, 11) is 0. The Morgan fingerprint density at radius 3 is 2.44 bits per heavy atom. The van der Waals surface area contributed by atoms with Gasteiger partial charge in [-0.15, -0.1) is 0 Å². The van der Waals surface area contributed by atoms with Gasteiger partial charge in [0.15, 0.2) is 0 Å². The monoisotopic (exact) mass is 243 g/mol. The van der Waals surface area contributed by atoms with Gasteiger partial charge in [-0.1, -0.05) is 37.6 Å². The van der Waals surface area contributed by atoms with E-state index >= 15 is 0 Å². The molecule has 0 aliphatic heterocycles. The fraction of sp³-hybridized carbons (Fsp3) is 0.647. The molecule has 0 atom stereocenters. The molecule has 2 fully saturated rings. The summed E-state index contributed by atoms with van der Waals surface area (Å²) in [6.07, 6.45) is 8.41. The Bertz CT molecular complexity index is 385. The van der Waals surface area contributed by atoms with Crippen LogP contribution in [0.3, 0.4) is 0 Å². The smallest absolute Gasteiger partial charge is 0.0205 e. The molecule has 0 unspecified atom stereocenters. The molecule has 2 aliphatic carbocycles. The lowest BCUT2D eigenvalue weighted by Gasteiger charge is -2.15. The van der Waals surface area contributed by atoms with Gasteiger partial charge in [0.2, 0.25) is 0 Å². The van der Waals surface area contributed by atoms with Gasteiger partial charge in [0, 0.05) is 13.1 Å². The molecular formula is C17H25N. The van der Waals surface area contributed by atoms with Crippen LogP contribution in [-0.4, -0.2) is 6.54 Å². The van der Waals surface area contributed by atoms with Crippen LogP contribution in [0.15, 0.2) is 24.3 Å². The lowest BCUT2D eigenvalue weighted by Crippen LogP contribution is -2.23. The molecule has 0 heterocycles. The van der Waals surface area contributed by atoms with Gasteiger partial charge in [-0.05, 0) is 54.6 Å². The number of rotatable bonds is 7. The highest BCUT2D eigenvalue weighted by molar-refractivity contribution is 5.28. The first-order valence-electron chi connectivity index (χ1n) is 7.61. The van der Waals surface area contributed by atoms with Crippen molar-refractivity contribution < 1.29 is 0 Å². The predicted molar refractivity (Wildman–Crippen MR) is 76.7 cm³/mol. The highest BCUT2D eigenvalue weighted by Gasteiger charge is 2.40. The topological polar surface area (TPSA) is 12.0 Å². The van der Waals surface area contributed by atoms with Crippen molar-refractivity contribution in [3.8, 4) is 0 Å². The minimum Gasteiger partial charge on any atom is -0.312 e. The van der Waals surface area contributed by atoms with Gasteiger partial charge < -0.3 is 5.32 Å². The van der Waals surface area contributed by atoms with Crippen LogP contribution in [-0.2, 0) is 6.54 Å². The molecule has 1 aromatic rings. The van der Waals surface area contributed by atoms with Crippen LogP contribution in [0.5, 0.6) is 0 Å². The third-order valence-electron chi connectivity index (χ3n) is 4.60. The number of hydrogen-bond donors (Lipinski definition) is 1. The molecule has 1 heteroatoms. The molecule has 1 nitrogen and oxygen atoms in total. The molecule has 1 aromatic carbocycles. The second kappa shape index (κ2) is 5.05. The Hall–Kier alpha value is -0.820. The summed E-state index contributed by atoms with van der Waals surface area (Å²) >= 11 is 0. The van der Waals surface area contributed by atoms with Gasteiger partial charge in [-0.2, -0.15) is 0 Å². The SMILES string of the molecule is CCCC1(CNCc2ccc(C3CC3)cc2)CC1. The summed E-state index contributed by atoms with van der Waals surface area (Å²) in [5.74, 6) is 0.881. The number of hydrogen-bond acceptors (Lipinski definition) is 1. The normalized spacial score (nSPS) is 20.9. The van der Waals surface area contributed by atoms with Crippen molar-refractivity contribution in [2.75, 3.05) is 6.54 Å². The van der Waals surface area contributed by atoms with Gasteiger partial charge in [-0.25, -0.2) is 0 Å². The molecule has 0 spiro atoms. The summed E-state index contributed by atoms with van der Waals surface area (Å²) < 4.78 is 0. The zero-order chi connectivity index (χ0) is 12.4. The van der Waals surface area contributed by atoms with Crippen LogP contribution in [0.4, 0.5) is 0 Å². The van der Waals surface area contributed by atoms with Crippen LogP contribution in [0.2, 0.25) is 0 Å². The van der Waals surface area contributed by atoms with Gasteiger partial charge in [0.25, 0.3) is 0 Å². The first-order valence-corrected chi connectivity index (χ1v) is 7.61. The maximum atomic E-state index is 3.65. The molecule has 1 N–H and O–H groups in total. The Morgan fingerprint density at radius 1 is 1.17 bits per heavy atom. The van der Waals surface area contributed by atoms with Crippen LogP contribution in [0, 0.1) is 5.41 Å². The van der Waals surface area contributed by atoms with Crippen molar-refractivity contribution in [2.24, 2.45) is 5.41 Å². The zero-order valence-corrected chi connectivity index (χ0v) is 11.5. The molecule has 3 rings (SSSR count). The van der Waals surface area contributed by atoms with Gasteiger partial charge in [0.1, 0.15) is 0 Å². The third kappa shape index (κ3) is 2.95. The second-order valence-corrected chi connectivity index (χ2v) is 6.37. The summed E-state index contributed by atoms with van der Waals surface area (Å²) in [5, 5.41) is 3.65. The molecular weight excluding hydrogens is 218 g/mol. The van der Waals surface area contributed by atoms with Crippen LogP contribution in [0.1, 0.15) is 62.5 Å². The van der Waals surface area contributed by atoms with Crippen molar-refractivity contribution in [1.29, 1.82) is 0 Å². The molecule has 2 aliphatic rings. The van der Waals surface area contributed by atoms with Gasteiger partial charge in [0.05, 0.1) is 0 Å². The molecule has 0 saturated heterocycles. The minimum atomic E-state index is 0.669. The first kappa shape index (κ1) is 12.2. The van der Waals surface area contributed by atoms with E-state index in [4.69, 9.17) is 0 Å². The van der Waals surface area contributed by atoms with E-state index in [0.29, 0.717) is 5.41 Å². The van der Waals surface area contributed by atoms with Crippen molar-refractivity contribution in [3.63, 3.8) is 0 Å². The van der Waals surface area contributed by atoms with E-state index in [0.717, 1.165) is 12.5 Å². The van der Waals surface area contributed by atoms with E-state index in [1.807, 2.05) is 0 Å². The van der Waals surface area contributed by atoms with E-state index in [1.54, 1.807) is 5.56 Å². The molecule has 98 valence electrons. The third-order valence-corrected chi connectivity index (χ3v) is 4.60. The maximum absolute atomic E-state index is 3.65. The Morgan fingerprint density at radius 2 is 1.89 bits per heavy atom. The van der Waals surface area contributed by atoms with Crippen molar-refractivity contribution in [2.45, 2.75) is 57.9 Å². The van der Waals surface area contributed by atoms with E-state index < -0.39 is 0 Å². The van der Waals surface area contributed by atoms with E-state index in [-0.39, 0.29) is 0 Å². The van der Waals surface area contributed by atoms with Crippen molar-refractivity contribution in [3.05, 3.63) is 35.4 Å². The van der Waals surface area contributed by atoms with E-state index in [1.165, 1.54) is 50.6 Å². The number of nitrogens with one attached hydrogen (secondary N) is 1. The largest absolute Gasteiger partial charge is 0.312 e. The van der Waals surface area contributed by atoms with Gasteiger partial charge >= 0.3 is 0 Å². The van der Waals surface area contributed by atoms with Crippen LogP contribution < -0.4 is 5.32 Å². The average Bonchev–Trinajstić information content (AvgIpc) is 3.25.